The maximum absolute atomic E-state index is 11.8. The SMILES string of the molecule is CCCCCNC(=O)CSc1nnc(-c2ccc(Cl)cc2)n1C. The molecule has 1 N–H and O–H groups in total. The lowest BCUT2D eigenvalue weighted by Crippen LogP contribution is -2.26. The fraction of sp³-hybridized carbons (Fsp3) is 0.438. The van der Waals surface area contributed by atoms with Crippen molar-refractivity contribution in [3.05, 3.63) is 29.3 Å². The molecule has 1 amide bonds. The maximum Gasteiger partial charge on any atom is 0.230 e. The Balaban J connectivity index is 1.89. The molecule has 2 rings (SSSR count). The number of benzene rings is 1. The molecule has 2 aromatic rings. The molecular weight excluding hydrogens is 332 g/mol. The summed E-state index contributed by atoms with van der Waals surface area (Å²) >= 11 is 7.29. The smallest absolute Gasteiger partial charge is 0.230 e. The van der Waals surface area contributed by atoms with E-state index in [0.29, 0.717) is 10.8 Å². The molecule has 124 valence electrons. The third-order valence-electron chi connectivity index (χ3n) is 3.37. The standard InChI is InChI=1S/C16H21ClN4OS/c1-3-4-5-10-18-14(22)11-23-16-20-19-15(21(16)2)12-6-8-13(17)9-7-12/h6-9H,3-5,10-11H2,1-2H3,(H,18,22). The second-order valence-corrected chi connectivity index (χ2v) is 6.60. The van der Waals surface area contributed by atoms with Crippen LogP contribution in [0.15, 0.2) is 29.4 Å². The van der Waals surface area contributed by atoms with Crippen LogP contribution < -0.4 is 5.32 Å². The van der Waals surface area contributed by atoms with Crippen molar-refractivity contribution in [2.75, 3.05) is 12.3 Å². The molecule has 0 bridgehead atoms. The fourth-order valence-electron chi connectivity index (χ4n) is 2.07. The Morgan fingerprint density at radius 2 is 2.00 bits per heavy atom. The van der Waals surface area contributed by atoms with Gasteiger partial charge in [0.25, 0.3) is 0 Å². The van der Waals surface area contributed by atoms with E-state index in [2.05, 4.69) is 22.4 Å². The second-order valence-electron chi connectivity index (χ2n) is 5.22. The van der Waals surface area contributed by atoms with Gasteiger partial charge in [-0.25, -0.2) is 0 Å². The molecule has 5 nitrogen and oxygen atoms in total. The van der Waals surface area contributed by atoms with Crippen LogP contribution >= 0.6 is 23.4 Å². The van der Waals surface area contributed by atoms with Crippen LogP contribution in [0.5, 0.6) is 0 Å². The van der Waals surface area contributed by atoms with Crippen molar-refractivity contribution < 1.29 is 4.79 Å². The molecule has 23 heavy (non-hydrogen) atoms. The first kappa shape index (κ1) is 17.8. The maximum atomic E-state index is 11.8. The van der Waals surface area contributed by atoms with Gasteiger partial charge < -0.3 is 9.88 Å². The normalized spacial score (nSPS) is 10.7. The van der Waals surface area contributed by atoms with Crippen molar-refractivity contribution in [2.24, 2.45) is 7.05 Å². The van der Waals surface area contributed by atoms with Gasteiger partial charge in [0.15, 0.2) is 11.0 Å². The van der Waals surface area contributed by atoms with Crippen molar-refractivity contribution >= 4 is 29.3 Å². The number of rotatable bonds is 8. The highest BCUT2D eigenvalue weighted by molar-refractivity contribution is 7.99. The monoisotopic (exact) mass is 352 g/mol. The largest absolute Gasteiger partial charge is 0.355 e. The van der Waals surface area contributed by atoms with Gasteiger partial charge in [-0.3, -0.25) is 4.79 Å². The Labute approximate surface area is 145 Å². The summed E-state index contributed by atoms with van der Waals surface area (Å²) in [6.45, 7) is 2.88. The van der Waals surface area contributed by atoms with Crippen LogP contribution in [0.1, 0.15) is 26.2 Å². The van der Waals surface area contributed by atoms with Crippen molar-refractivity contribution in [1.29, 1.82) is 0 Å². The van der Waals surface area contributed by atoms with Crippen LogP contribution in [0.4, 0.5) is 0 Å². The summed E-state index contributed by atoms with van der Waals surface area (Å²) in [5.41, 5.74) is 0.945. The first-order chi connectivity index (χ1) is 11.1. The van der Waals surface area contributed by atoms with E-state index in [0.717, 1.165) is 42.4 Å². The van der Waals surface area contributed by atoms with Crippen molar-refractivity contribution in [3.63, 3.8) is 0 Å². The van der Waals surface area contributed by atoms with Crippen LogP contribution in [0.3, 0.4) is 0 Å². The Morgan fingerprint density at radius 1 is 1.26 bits per heavy atom. The van der Waals surface area contributed by atoms with Gasteiger partial charge in [-0.05, 0) is 30.7 Å². The Morgan fingerprint density at radius 3 is 2.70 bits per heavy atom. The molecule has 0 aliphatic carbocycles. The molecule has 0 fully saturated rings. The number of unbranched alkanes of at least 4 members (excludes halogenated alkanes) is 2. The molecule has 0 atom stereocenters. The number of aromatic nitrogens is 3. The minimum atomic E-state index is 0.0298. The summed E-state index contributed by atoms with van der Waals surface area (Å²) in [5, 5.41) is 12.7. The zero-order chi connectivity index (χ0) is 16.7. The molecule has 0 saturated carbocycles. The number of hydrogen-bond acceptors (Lipinski definition) is 4. The molecule has 1 aromatic carbocycles. The summed E-state index contributed by atoms with van der Waals surface area (Å²) in [7, 11) is 1.89. The predicted octanol–water partition coefficient (Wildman–Crippen LogP) is 3.53. The number of carbonyl (C=O) groups excluding carboxylic acids is 1. The number of hydrogen-bond donors (Lipinski definition) is 1. The van der Waals surface area contributed by atoms with Gasteiger partial charge in [0, 0.05) is 24.2 Å². The second kappa shape index (κ2) is 8.93. The highest BCUT2D eigenvalue weighted by Crippen LogP contribution is 2.23. The number of amides is 1. The van der Waals surface area contributed by atoms with E-state index in [1.54, 1.807) is 0 Å². The van der Waals surface area contributed by atoms with Gasteiger partial charge in [0.2, 0.25) is 5.91 Å². The molecule has 0 unspecified atom stereocenters. The number of nitrogens with one attached hydrogen (secondary N) is 1. The van der Waals surface area contributed by atoms with E-state index in [1.165, 1.54) is 11.8 Å². The summed E-state index contributed by atoms with van der Waals surface area (Å²) in [6.07, 6.45) is 3.32. The van der Waals surface area contributed by atoms with E-state index in [1.807, 2.05) is 35.9 Å². The van der Waals surface area contributed by atoms with Crippen LogP contribution in [-0.2, 0) is 11.8 Å². The van der Waals surface area contributed by atoms with Crippen molar-refractivity contribution in [1.82, 2.24) is 20.1 Å². The zero-order valence-corrected chi connectivity index (χ0v) is 15.0. The van der Waals surface area contributed by atoms with Gasteiger partial charge in [0.05, 0.1) is 5.75 Å². The highest BCUT2D eigenvalue weighted by Gasteiger charge is 2.12. The van der Waals surface area contributed by atoms with E-state index in [4.69, 9.17) is 11.6 Å². The number of halogens is 1. The Bertz CT molecular complexity index is 642. The summed E-state index contributed by atoms with van der Waals surface area (Å²) < 4.78 is 1.89. The van der Waals surface area contributed by atoms with Gasteiger partial charge in [-0.2, -0.15) is 0 Å². The highest BCUT2D eigenvalue weighted by atomic mass is 35.5. The lowest BCUT2D eigenvalue weighted by atomic mass is 10.2. The van der Waals surface area contributed by atoms with Gasteiger partial charge in [-0.1, -0.05) is 43.1 Å². The average molecular weight is 353 g/mol. The van der Waals surface area contributed by atoms with Gasteiger partial charge in [-0.15, -0.1) is 10.2 Å². The minimum Gasteiger partial charge on any atom is -0.355 e. The van der Waals surface area contributed by atoms with Gasteiger partial charge in [0.1, 0.15) is 0 Å². The molecule has 0 radical (unpaired) electrons. The lowest BCUT2D eigenvalue weighted by Gasteiger charge is -2.05. The number of nitrogens with zero attached hydrogens (tertiary/aromatic N) is 3. The first-order valence-corrected chi connectivity index (χ1v) is 9.03. The van der Waals surface area contributed by atoms with Crippen LogP contribution in [0.25, 0.3) is 11.4 Å². The Kier molecular flexibility index (Phi) is 6.92. The minimum absolute atomic E-state index is 0.0298. The predicted molar refractivity (Wildman–Crippen MR) is 94.7 cm³/mol. The van der Waals surface area contributed by atoms with Crippen molar-refractivity contribution in [2.45, 2.75) is 31.3 Å². The molecule has 0 saturated heterocycles. The van der Waals surface area contributed by atoms with E-state index in [-0.39, 0.29) is 5.91 Å². The molecule has 0 aliphatic rings. The van der Waals surface area contributed by atoms with E-state index < -0.39 is 0 Å². The van der Waals surface area contributed by atoms with Crippen LogP contribution in [0, 0.1) is 0 Å². The first-order valence-electron chi connectivity index (χ1n) is 7.66. The quantitative estimate of drug-likeness (QED) is 0.583. The summed E-state index contributed by atoms with van der Waals surface area (Å²) in [6, 6.07) is 7.45. The third-order valence-corrected chi connectivity index (χ3v) is 4.64. The van der Waals surface area contributed by atoms with E-state index in [9.17, 15) is 4.79 Å². The molecule has 0 spiro atoms. The number of carbonyl (C=O) groups is 1. The molecule has 0 aliphatic heterocycles. The Hall–Kier alpha value is -1.53. The number of thioether (sulfide) groups is 1. The molecular formula is C16H21ClN4OS. The van der Waals surface area contributed by atoms with Crippen LogP contribution in [-0.4, -0.2) is 33.0 Å². The summed E-state index contributed by atoms with van der Waals surface area (Å²) in [4.78, 5) is 11.8. The molecule has 1 heterocycles. The topological polar surface area (TPSA) is 59.8 Å². The molecule has 7 heteroatoms. The fourth-order valence-corrected chi connectivity index (χ4v) is 2.94. The van der Waals surface area contributed by atoms with Crippen LogP contribution in [0.2, 0.25) is 5.02 Å². The van der Waals surface area contributed by atoms with Crippen molar-refractivity contribution in [3.8, 4) is 11.4 Å². The molecule has 1 aromatic heterocycles. The summed E-state index contributed by atoms with van der Waals surface area (Å²) in [5.74, 6) is 1.13. The third kappa shape index (κ3) is 5.25. The average Bonchev–Trinajstić information content (AvgIpc) is 2.91. The lowest BCUT2D eigenvalue weighted by molar-refractivity contribution is -0.118. The van der Waals surface area contributed by atoms with E-state index >= 15 is 0 Å². The van der Waals surface area contributed by atoms with Gasteiger partial charge >= 0.3 is 0 Å². The zero-order valence-electron chi connectivity index (χ0n) is 13.4.